The van der Waals surface area contributed by atoms with Crippen molar-refractivity contribution in [2.45, 2.75) is 4.90 Å². The topological polar surface area (TPSA) is 77.0 Å². The first-order valence-corrected chi connectivity index (χ1v) is 9.31. The van der Waals surface area contributed by atoms with Gasteiger partial charge in [0.2, 0.25) is 0 Å². The van der Waals surface area contributed by atoms with Crippen LogP contribution in [0.4, 0.5) is 0 Å². The van der Waals surface area contributed by atoms with Gasteiger partial charge in [-0.25, -0.2) is 0 Å². The highest BCUT2D eigenvalue weighted by Crippen LogP contribution is 2.33. The van der Waals surface area contributed by atoms with E-state index in [9.17, 15) is 8.42 Å². The molecule has 0 aliphatic rings. The number of nitrogens with one attached hydrogen (secondary N) is 1. The van der Waals surface area contributed by atoms with E-state index >= 15 is 0 Å². The zero-order valence-electron chi connectivity index (χ0n) is 13.1. The van der Waals surface area contributed by atoms with Crippen LogP contribution in [0.2, 0.25) is 15.1 Å². The smallest absolute Gasteiger partial charge is 0.280 e. The Morgan fingerprint density at radius 2 is 1.68 bits per heavy atom. The van der Waals surface area contributed by atoms with Gasteiger partial charge in [-0.05, 0) is 35.9 Å². The minimum absolute atomic E-state index is 0.134. The Labute approximate surface area is 160 Å². The Kier molecular flexibility index (Phi) is 6.40. The summed E-state index contributed by atoms with van der Waals surface area (Å²) >= 11 is 17.9. The fourth-order valence-corrected chi connectivity index (χ4v) is 3.81. The molecule has 0 saturated heterocycles. The fourth-order valence-electron chi connectivity index (χ4n) is 1.93. The minimum Gasteiger partial charge on any atom is -0.495 e. The molecule has 0 amide bonds. The zero-order valence-corrected chi connectivity index (χ0v) is 16.2. The van der Waals surface area contributed by atoms with Crippen molar-refractivity contribution in [3.05, 3.63) is 51.0 Å². The van der Waals surface area contributed by atoms with E-state index in [2.05, 4.69) is 9.93 Å². The first-order chi connectivity index (χ1) is 11.8. The summed E-state index contributed by atoms with van der Waals surface area (Å²) in [7, 11) is -1.18. The van der Waals surface area contributed by atoms with Crippen molar-refractivity contribution in [3.63, 3.8) is 0 Å². The van der Waals surface area contributed by atoms with Gasteiger partial charge in [-0.3, -0.25) is 0 Å². The molecule has 0 heterocycles. The van der Waals surface area contributed by atoms with Gasteiger partial charge in [-0.15, -0.1) is 0 Å². The standard InChI is InChI=1S/C15H13Cl3N2O4S/c1-23-13-4-3-10(16)7-14(13)25(21,22)20-19-8-9-5-11(17)15(24-2)12(18)6-9/h3-8,20H,1-2H3/b19-8+. The molecule has 1 N–H and O–H groups in total. The monoisotopic (exact) mass is 422 g/mol. The molecule has 0 atom stereocenters. The number of hydrazone groups is 1. The lowest BCUT2D eigenvalue weighted by Gasteiger charge is -2.09. The molecule has 0 aliphatic heterocycles. The third-order valence-corrected chi connectivity index (χ3v) is 5.07. The van der Waals surface area contributed by atoms with E-state index in [1.54, 1.807) is 0 Å². The van der Waals surface area contributed by atoms with Gasteiger partial charge < -0.3 is 9.47 Å². The molecule has 0 aliphatic carbocycles. The number of hydrogen-bond donors (Lipinski definition) is 1. The predicted octanol–water partition coefficient (Wildman–Crippen LogP) is 3.98. The highest BCUT2D eigenvalue weighted by Gasteiger charge is 2.19. The van der Waals surface area contributed by atoms with Crippen molar-refractivity contribution >= 4 is 51.0 Å². The maximum Gasteiger partial charge on any atom is 0.280 e. The van der Waals surface area contributed by atoms with Crippen LogP contribution in [-0.2, 0) is 10.0 Å². The van der Waals surface area contributed by atoms with E-state index in [4.69, 9.17) is 44.3 Å². The lowest BCUT2D eigenvalue weighted by molar-refractivity contribution is 0.402. The zero-order chi connectivity index (χ0) is 18.6. The normalized spacial score (nSPS) is 11.6. The number of methoxy groups -OCH3 is 2. The summed E-state index contributed by atoms with van der Waals surface area (Å²) in [5.74, 6) is 0.465. The number of hydrogen-bond acceptors (Lipinski definition) is 5. The summed E-state index contributed by atoms with van der Waals surface area (Å²) in [6.45, 7) is 0. The number of rotatable bonds is 6. The second-order valence-electron chi connectivity index (χ2n) is 4.67. The highest BCUT2D eigenvalue weighted by atomic mass is 35.5. The average molecular weight is 424 g/mol. The molecule has 6 nitrogen and oxygen atoms in total. The summed E-state index contributed by atoms with van der Waals surface area (Å²) in [4.78, 5) is 1.95. The molecule has 0 fully saturated rings. The van der Waals surface area contributed by atoms with Crippen LogP contribution in [0.5, 0.6) is 11.5 Å². The molecule has 0 spiro atoms. The molecule has 0 aromatic heterocycles. The van der Waals surface area contributed by atoms with Gasteiger partial charge in [-0.2, -0.15) is 18.4 Å². The van der Waals surface area contributed by atoms with E-state index < -0.39 is 10.0 Å². The van der Waals surface area contributed by atoms with Gasteiger partial charge in [0, 0.05) is 5.02 Å². The van der Waals surface area contributed by atoms with Gasteiger partial charge in [0.1, 0.15) is 10.6 Å². The van der Waals surface area contributed by atoms with Crippen LogP contribution in [-0.4, -0.2) is 28.9 Å². The molecular formula is C15H13Cl3N2O4S. The van der Waals surface area contributed by atoms with Crippen LogP contribution in [0.1, 0.15) is 5.56 Å². The molecule has 2 aromatic rings. The Hall–Kier alpha value is -1.67. The second-order valence-corrected chi connectivity index (χ2v) is 7.55. The maximum absolute atomic E-state index is 12.4. The van der Waals surface area contributed by atoms with E-state index in [1.807, 2.05) is 0 Å². The Morgan fingerprint density at radius 1 is 1.04 bits per heavy atom. The first kappa shape index (κ1) is 19.7. The summed E-state index contributed by atoms with van der Waals surface area (Å²) in [6.07, 6.45) is 1.26. The largest absolute Gasteiger partial charge is 0.495 e. The number of sulfonamides is 1. The summed E-state index contributed by atoms with van der Waals surface area (Å²) in [6, 6.07) is 7.29. The molecule has 0 bridgehead atoms. The molecule has 10 heteroatoms. The van der Waals surface area contributed by atoms with Gasteiger partial charge in [0.25, 0.3) is 10.0 Å². The van der Waals surface area contributed by atoms with Crippen LogP contribution in [0, 0.1) is 0 Å². The van der Waals surface area contributed by atoms with Crippen LogP contribution in [0.25, 0.3) is 0 Å². The average Bonchev–Trinajstić information content (AvgIpc) is 2.54. The third-order valence-electron chi connectivity index (χ3n) is 3.03. The lowest BCUT2D eigenvalue weighted by atomic mass is 10.2. The van der Waals surface area contributed by atoms with E-state index in [0.717, 1.165) is 0 Å². The highest BCUT2D eigenvalue weighted by molar-refractivity contribution is 7.89. The number of nitrogens with zero attached hydrogens (tertiary/aromatic N) is 1. The van der Waals surface area contributed by atoms with Gasteiger partial charge in [-0.1, -0.05) is 34.8 Å². The summed E-state index contributed by atoms with van der Waals surface area (Å²) < 4.78 is 34.8. The Bertz CT molecular complexity index is 894. The van der Waals surface area contributed by atoms with Crippen LogP contribution in [0.15, 0.2) is 40.3 Å². The van der Waals surface area contributed by atoms with Gasteiger partial charge in [0.15, 0.2) is 5.75 Å². The Balaban J connectivity index is 2.26. The quantitative estimate of drug-likeness (QED) is 0.563. The number of halogens is 3. The van der Waals surface area contributed by atoms with E-state index in [0.29, 0.717) is 11.3 Å². The molecule has 2 aromatic carbocycles. The van der Waals surface area contributed by atoms with Gasteiger partial charge >= 0.3 is 0 Å². The molecular weight excluding hydrogens is 411 g/mol. The number of benzene rings is 2. The van der Waals surface area contributed by atoms with Crippen molar-refractivity contribution in [1.29, 1.82) is 0 Å². The van der Waals surface area contributed by atoms with Crippen LogP contribution in [0.3, 0.4) is 0 Å². The molecule has 2 rings (SSSR count). The molecule has 0 radical (unpaired) electrons. The fraction of sp³-hybridized carbons (Fsp3) is 0.133. The van der Waals surface area contributed by atoms with Crippen LogP contribution < -0.4 is 14.3 Å². The first-order valence-electron chi connectivity index (χ1n) is 6.70. The van der Waals surface area contributed by atoms with E-state index in [1.165, 1.54) is 50.8 Å². The van der Waals surface area contributed by atoms with Crippen molar-refractivity contribution in [2.24, 2.45) is 5.10 Å². The molecule has 0 unspecified atom stereocenters. The SMILES string of the molecule is COc1ccc(Cl)cc1S(=O)(=O)N/N=C/c1cc(Cl)c(OC)c(Cl)c1. The van der Waals surface area contributed by atoms with Crippen molar-refractivity contribution in [3.8, 4) is 11.5 Å². The van der Waals surface area contributed by atoms with Crippen molar-refractivity contribution in [2.75, 3.05) is 14.2 Å². The summed E-state index contributed by atoms with van der Waals surface area (Å²) in [5, 5.41) is 4.51. The van der Waals surface area contributed by atoms with Gasteiger partial charge in [0.05, 0.1) is 30.5 Å². The third kappa shape index (κ3) is 4.70. The van der Waals surface area contributed by atoms with Crippen molar-refractivity contribution < 1.29 is 17.9 Å². The second kappa shape index (κ2) is 8.14. The van der Waals surface area contributed by atoms with Crippen molar-refractivity contribution in [1.82, 2.24) is 4.83 Å². The number of ether oxygens (including phenoxy) is 2. The predicted molar refractivity (Wildman–Crippen MR) is 98.9 cm³/mol. The Morgan fingerprint density at radius 3 is 2.24 bits per heavy atom. The molecule has 0 saturated carbocycles. The molecule has 25 heavy (non-hydrogen) atoms. The summed E-state index contributed by atoms with van der Waals surface area (Å²) in [5.41, 5.74) is 0.483. The maximum atomic E-state index is 12.4. The minimum atomic E-state index is -3.98. The molecule has 134 valence electrons. The lowest BCUT2D eigenvalue weighted by Crippen LogP contribution is -2.19. The van der Waals surface area contributed by atoms with E-state index in [-0.39, 0.29) is 25.7 Å². The van der Waals surface area contributed by atoms with Crippen LogP contribution >= 0.6 is 34.8 Å².